The van der Waals surface area contributed by atoms with E-state index in [0.29, 0.717) is 22.5 Å². The van der Waals surface area contributed by atoms with E-state index in [9.17, 15) is 19.2 Å². The SMILES string of the molecule is C[C@H](OC(=O)CCn1c(=O)oc2ccccc21)C(=O)N1CC(=O)Nc2ccccc21. The van der Waals surface area contributed by atoms with E-state index in [1.165, 1.54) is 16.4 Å². The fourth-order valence-corrected chi connectivity index (χ4v) is 3.38. The van der Waals surface area contributed by atoms with Gasteiger partial charge in [-0.1, -0.05) is 24.3 Å². The van der Waals surface area contributed by atoms with E-state index in [0.717, 1.165) is 0 Å². The molecule has 154 valence electrons. The first-order valence-electron chi connectivity index (χ1n) is 9.42. The summed E-state index contributed by atoms with van der Waals surface area (Å²) in [5.41, 5.74) is 2.07. The predicted octanol–water partition coefficient (Wildman–Crippen LogP) is 1.90. The zero-order chi connectivity index (χ0) is 21.3. The quantitative estimate of drug-likeness (QED) is 0.645. The molecule has 1 aliphatic rings. The van der Waals surface area contributed by atoms with E-state index < -0.39 is 23.7 Å². The Bertz CT molecular complexity index is 1190. The van der Waals surface area contributed by atoms with Crippen molar-refractivity contribution in [3.05, 3.63) is 59.1 Å². The molecular weight excluding hydrogens is 390 g/mol. The Balaban J connectivity index is 1.41. The van der Waals surface area contributed by atoms with E-state index in [2.05, 4.69) is 5.32 Å². The standard InChI is InChI=1S/C21H19N3O6/c1-13(20(27)24-12-18(25)22-14-6-2-3-7-15(14)24)29-19(26)10-11-23-16-8-4-5-9-17(16)30-21(23)28/h2-9,13H,10-12H2,1H3,(H,22,25)/t13-/m0/s1. The third-order valence-corrected chi connectivity index (χ3v) is 4.81. The number of carbonyl (C=O) groups excluding carboxylic acids is 3. The van der Waals surface area contributed by atoms with Gasteiger partial charge in [-0.15, -0.1) is 0 Å². The molecule has 1 aliphatic heterocycles. The Morgan fingerprint density at radius 3 is 2.70 bits per heavy atom. The first-order valence-corrected chi connectivity index (χ1v) is 9.42. The van der Waals surface area contributed by atoms with Gasteiger partial charge in [-0.05, 0) is 31.2 Å². The Morgan fingerprint density at radius 2 is 1.87 bits per heavy atom. The summed E-state index contributed by atoms with van der Waals surface area (Å²) in [5.74, 6) is -2.03. The van der Waals surface area contributed by atoms with Gasteiger partial charge in [0, 0.05) is 6.54 Å². The lowest BCUT2D eigenvalue weighted by molar-refractivity contribution is -0.154. The Labute approximate surface area is 170 Å². The Kier molecular flexibility index (Phi) is 5.09. The number of fused-ring (bicyclic) bond motifs is 2. The van der Waals surface area contributed by atoms with Gasteiger partial charge in [0.05, 0.1) is 23.3 Å². The molecule has 0 fully saturated rings. The molecule has 30 heavy (non-hydrogen) atoms. The number of esters is 1. The predicted molar refractivity (Wildman–Crippen MR) is 108 cm³/mol. The molecular formula is C21H19N3O6. The molecule has 9 nitrogen and oxygen atoms in total. The number of benzene rings is 2. The van der Waals surface area contributed by atoms with Gasteiger partial charge < -0.3 is 14.5 Å². The highest BCUT2D eigenvalue weighted by atomic mass is 16.5. The summed E-state index contributed by atoms with van der Waals surface area (Å²) in [6.45, 7) is 1.35. The first kappa shape index (κ1) is 19.4. The lowest BCUT2D eigenvalue weighted by Crippen LogP contribution is -2.47. The number of ether oxygens (including phenoxy) is 1. The van der Waals surface area contributed by atoms with Crippen LogP contribution in [-0.4, -0.2) is 35.0 Å². The van der Waals surface area contributed by atoms with Gasteiger partial charge in [0.15, 0.2) is 11.7 Å². The number of aryl methyl sites for hydroxylation is 1. The average Bonchev–Trinajstić information content (AvgIpc) is 3.05. The molecule has 2 heterocycles. The highest BCUT2D eigenvalue weighted by molar-refractivity contribution is 6.11. The van der Waals surface area contributed by atoms with Gasteiger partial charge >= 0.3 is 11.7 Å². The van der Waals surface area contributed by atoms with Crippen LogP contribution < -0.4 is 16.0 Å². The minimum absolute atomic E-state index is 0.0601. The van der Waals surface area contributed by atoms with Gasteiger partial charge in [0.2, 0.25) is 5.91 Å². The summed E-state index contributed by atoms with van der Waals surface area (Å²) in [5, 5.41) is 2.70. The summed E-state index contributed by atoms with van der Waals surface area (Å²) < 4.78 is 11.7. The largest absolute Gasteiger partial charge is 0.452 e. The molecule has 2 aromatic carbocycles. The maximum atomic E-state index is 12.8. The number of nitrogens with one attached hydrogen (secondary N) is 1. The smallest absolute Gasteiger partial charge is 0.419 e. The summed E-state index contributed by atoms with van der Waals surface area (Å²) in [6.07, 6.45) is -1.20. The van der Waals surface area contributed by atoms with Crippen LogP contribution in [0, 0.1) is 0 Å². The molecule has 0 unspecified atom stereocenters. The molecule has 2 amide bonds. The summed E-state index contributed by atoms with van der Waals surface area (Å²) >= 11 is 0. The highest BCUT2D eigenvalue weighted by Crippen LogP contribution is 2.29. The summed E-state index contributed by atoms with van der Waals surface area (Å²) in [7, 11) is 0. The third kappa shape index (κ3) is 3.69. The van der Waals surface area contributed by atoms with Gasteiger partial charge in [0.25, 0.3) is 5.91 Å². The Morgan fingerprint density at radius 1 is 1.13 bits per heavy atom. The normalized spacial score (nSPS) is 14.2. The first-order chi connectivity index (χ1) is 14.4. The second-order valence-electron chi connectivity index (χ2n) is 6.86. The molecule has 0 bridgehead atoms. The van der Waals surface area contributed by atoms with Crippen molar-refractivity contribution in [2.75, 3.05) is 16.8 Å². The van der Waals surface area contributed by atoms with E-state index in [4.69, 9.17) is 9.15 Å². The summed E-state index contributed by atoms with van der Waals surface area (Å²) in [4.78, 5) is 50.3. The van der Waals surface area contributed by atoms with Gasteiger partial charge in [-0.2, -0.15) is 0 Å². The third-order valence-electron chi connectivity index (χ3n) is 4.81. The molecule has 0 spiro atoms. The van der Waals surface area contributed by atoms with Crippen LogP contribution in [0.5, 0.6) is 0 Å². The maximum absolute atomic E-state index is 12.8. The van der Waals surface area contributed by atoms with Crippen molar-refractivity contribution >= 4 is 40.3 Å². The van der Waals surface area contributed by atoms with E-state index in [1.54, 1.807) is 48.5 Å². The fraction of sp³-hybridized carbons (Fsp3) is 0.238. The lowest BCUT2D eigenvalue weighted by atomic mass is 10.1. The zero-order valence-electron chi connectivity index (χ0n) is 16.2. The second kappa shape index (κ2) is 7.86. The van der Waals surface area contributed by atoms with Crippen LogP contribution in [0.3, 0.4) is 0 Å². The van der Waals surface area contributed by atoms with Crippen LogP contribution in [0.4, 0.5) is 11.4 Å². The molecule has 0 radical (unpaired) electrons. The minimum atomic E-state index is -1.09. The van der Waals surface area contributed by atoms with Crippen molar-refractivity contribution in [3.8, 4) is 0 Å². The van der Waals surface area contributed by atoms with E-state index in [-0.39, 0.29) is 25.4 Å². The number of para-hydroxylation sites is 4. The van der Waals surface area contributed by atoms with Crippen LogP contribution in [0.15, 0.2) is 57.7 Å². The second-order valence-corrected chi connectivity index (χ2v) is 6.86. The van der Waals surface area contributed by atoms with Gasteiger partial charge in [-0.3, -0.25) is 23.9 Å². The van der Waals surface area contributed by atoms with Crippen molar-refractivity contribution in [1.29, 1.82) is 0 Å². The topological polar surface area (TPSA) is 111 Å². The molecule has 1 aromatic heterocycles. The number of amides is 2. The molecule has 3 aromatic rings. The van der Waals surface area contributed by atoms with Gasteiger partial charge in [0.1, 0.15) is 6.54 Å². The maximum Gasteiger partial charge on any atom is 0.419 e. The van der Waals surface area contributed by atoms with E-state index >= 15 is 0 Å². The molecule has 9 heteroatoms. The van der Waals surface area contributed by atoms with Crippen molar-refractivity contribution < 1.29 is 23.5 Å². The number of hydrogen-bond donors (Lipinski definition) is 1. The lowest BCUT2D eigenvalue weighted by Gasteiger charge is -2.30. The van der Waals surface area contributed by atoms with Crippen LogP contribution in [0.2, 0.25) is 0 Å². The fourth-order valence-electron chi connectivity index (χ4n) is 3.38. The Hall–Kier alpha value is -3.88. The van der Waals surface area contributed by atoms with Crippen molar-refractivity contribution in [3.63, 3.8) is 0 Å². The monoisotopic (exact) mass is 409 g/mol. The number of anilines is 2. The number of nitrogens with zero attached hydrogens (tertiary/aromatic N) is 2. The number of hydrogen-bond acceptors (Lipinski definition) is 6. The van der Waals surface area contributed by atoms with Crippen molar-refractivity contribution in [2.45, 2.75) is 26.0 Å². The zero-order valence-corrected chi connectivity index (χ0v) is 16.2. The number of oxazole rings is 1. The molecule has 0 aliphatic carbocycles. The van der Waals surface area contributed by atoms with Crippen molar-refractivity contribution in [2.24, 2.45) is 0 Å². The summed E-state index contributed by atoms with van der Waals surface area (Å²) in [6, 6.07) is 13.8. The number of carbonyl (C=O) groups is 3. The van der Waals surface area contributed by atoms with E-state index in [1.807, 2.05) is 0 Å². The van der Waals surface area contributed by atoms with Gasteiger partial charge in [-0.25, -0.2) is 4.79 Å². The molecule has 4 rings (SSSR count). The number of rotatable bonds is 5. The molecule has 0 saturated carbocycles. The van der Waals surface area contributed by atoms with Crippen molar-refractivity contribution in [1.82, 2.24) is 4.57 Å². The molecule has 1 atom stereocenters. The average molecular weight is 409 g/mol. The van der Waals surface area contributed by atoms with Crippen LogP contribution >= 0.6 is 0 Å². The molecule has 0 saturated heterocycles. The molecule has 1 N–H and O–H groups in total. The highest BCUT2D eigenvalue weighted by Gasteiger charge is 2.31. The number of aromatic nitrogens is 1. The van der Waals surface area contributed by atoms with Crippen LogP contribution in [0.25, 0.3) is 11.1 Å². The minimum Gasteiger partial charge on any atom is -0.452 e. The van der Waals surface area contributed by atoms with Crippen LogP contribution in [0.1, 0.15) is 13.3 Å². The van der Waals surface area contributed by atoms with Crippen LogP contribution in [-0.2, 0) is 25.7 Å².